The third kappa shape index (κ3) is 4.14. The summed E-state index contributed by atoms with van der Waals surface area (Å²) >= 11 is 0. The van der Waals surface area contributed by atoms with Crippen LogP contribution >= 0.6 is 0 Å². The van der Waals surface area contributed by atoms with Crippen LogP contribution in [0.4, 0.5) is 0 Å². The highest BCUT2D eigenvalue weighted by Gasteiger charge is 2.17. The zero-order valence-corrected chi connectivity index (χ0v) is 12.0. The topological polar surface area (TPSA) is 59.0 Å². The SMILES string of the molecule is CCC(C)(C)NC(=O)CNCc1cnn(C)c1C. The first-order chi connectivity index (χ1) is 8.35. The van der Waals surface area contributed by atoms with Gasteiger partial charge >= 0.3 is 0 Å². The van der Waals surface area contributed by atoms with Crippen LogP contribution in [0.5, 0.6) is 0 Å². The summed E-state index contributed by atoms with van der Waals surface area (Å²) in [4.78, 5) is 11.7. The molecule has 5 nitrogen and oxygen atoms in total. The maximum Gasteiger partial charge on any atom is 0.234 e. The van der Waals surface area contributed by atoms with Crippen molar-refractivity contribution in [3.8, 4) is 0 Å². The highest BCUT2D eigenvalue weighted by atomic mass is 16.2. The predicted octanol–water partition coefficient (Wildman–Crippen LogP) is 1.12. The number of amides is 1. The number of rotatable bonds is 6. The largest absolute Gasteiger partial charge is 0.350 e. The normalized spacial score (nSPS) is 11.6. The Kier molecular flexibility index (Phi) is 4.90. The van der Waals surface area contributed by atoms with Gasteiger partial charge in [0.2, 0.25) is 5.91 Å². The van der Waals surface area contributed by atoms with Crippen LogP contribution in [0.25, 0.3) is 0 Å². The molecule has 0 aliphatic carbocycles. The second kappa shape index (κ2) is 6.00. The molecule has 0 atom stereocenters. The lowest BCUT2D eigenvalue weighted by molar-refractivity contribution is -0.121. The predicted molar refractivity (Wildman–Crippen MR) is 72.2 cm³/mol. The lowest BCUT2D eigenvalue weighted by Crippen LogP contribution is -2.46. The fourth-order valence-corrected chi connectivity index (χ4v) is 1.54. The number of hydrogen-bond acceptors (Lipinski definition) is 3. The molecule has 102 valence electrons. The Bertz CT molecular complexity index is 409. The molecule has 2 N–H and O–H groups in total. The van der Waals surface area contributed by atoms with Crippen LogP contribution < -0.4 is 10.6 Å². The van der Waals surface area contributed by atoms with E-state index in [9.17, 15) is 4.79 Å². The minimum atomic E-state index is -0.136. The molecule has 1 rings (SSSR count). The van der Waals surface area contributed by atoms with Crippen LogP contribution in [-0.2, 0) is 18.4 Å². The van der Waals surface area contributed by atoms with Gasteiger partial charge in [-0.25, -0.2) is 0 Å². The van der Waals surface area contributed by atoms with E-state index in [1.165, 1.54) is 0 Å². The molecule has 0 radical (unpaired) electrons. The second-order valence-electron chi connectivity index (χ2n) is 5.27. The number of nitrogens with one attached hydrogen (secondary N) is 2. The lowest BCUT2D eigenvalue weighted by Gasteiger charge is -2.24. The third-order valence-corrected chi connectivity index (χ3v) is 3.30. The number of nitrogens with zero attached hydrogens (tertiary/aromatic N) is 2. The van der Waals surface area contributed by atoms with Gasteiger partial charge in [-0.2, -0.15) is 5.10 Å². The Morgan fingerprint density at radius 3 is 2.67 bits per heavy atom. The van der Waals surface area contributed by atoms with E-state index in [2.05, 4.69) is 22.7 Å². The average Bonchev–Trinajstić information content (AvgIpc) is 2.60. The fraction of sp³-hybridized carbons (Fsp3) is 0.692. The van der Waals surface area contributed by atoms with E-state index >= 15 is 0 Å². The van der Waals surface area contributed by atoms with Crippen LogP contribution in [0.1, 0.15) is 38.4 Å². The van der Waals surface area contributed by atoms with Gasteiger partial charge in [-0.3, -0.25) is 9.48 Å². The van der Waals surface area contributed by atoms with Gasteiger partial charge in [-0.15, -0.1) is 0 Å². The molecule has 18 heavy (non-hydrogen) atoms. The second-order valence-corrected chi connectivity index (χ2v) is 5.27. The first-order valence-corrected chi connectivity index (χ1v) is 6.35. The maximum absolute atomic E-state index is 11.7. The number of aromatic nitrogens is 2. The molecule has 0 saturated carbocycles. The van der Waals surface area contributed by atoms with Crippen LogP contribution in [0.15, 0.2) is 6.20 Å². The van der Waals surface area contributed by atoms with Crippen LogP contribution in [0.2, 0.25) is 0 Å². The van der Waals surface area contributed by atoms with Gasteiger partial charge in [-0.05, 0) is 27.2 Å². The number of carbonyl (C=O) groups excluding carboxylic acids is 1. The molecule has 1 aromatic rings. The van der Waals surface area contributed by atoms with E-state index in [-0.39, 0.29) is 11.4 Å². The smallest absolute Gasteiger partial charge is 0.234 e. The molecule has 0 bridgehead atoms. The van der Waals surface area contributed by atoms with Crippen molar-refractivity contribution in [3.63, 3.8) is 0 Å². The van der Waals surface area contributed by atoms with E-state index in [1.807, 2.05) is 38.7 Å². The zero-order valence-electron chi connectivity index (χ0n) is 12.0. The number of hydrogen-bond donors (Lipinski definition) is 2. The van der Waals surface area contributed by atoms with Crippen molar-refractivity contribution in [1.29, 1.82) is 0 Å². The van der Waals surface area contributed by atoms with Gasteiger partial charge in [-0.1, -0.05) is 6.92 Å². The van der Waals surface area contributed by atoms with Crippen LogP contribution in [0, 0.1) is 6.92 Å². The van der Waals surface area contributed by atoms with Crippen LogP contribution in [0.3, 0.4) is 0 Å². The minimum Gasteiger partial charge on any atom is -0.350 e. The summed E-state index contributed by atoms with van der Waals surface area (Å²) in [5, 5.41) is 10.3. The zero-order chi connectivity index (χ0) is 13.8. The molecule has 0 aliphatic rings. The van der Waals surface area contributed by atoms with E-state index in [0.717, 1.165) is 17.7 Å². The quantitative estimate of drug-likeness (QED) is 0.797. The molecule has 0 aromatic carbocycles. The van der Waals surface area contributed by atoms with E-state index < -0.39 is 0 Å². The molecule has 1 heterocycles. The first-order valence-electron chi connectivity index (χ1n) is 6.35. The van der Waals surface area contributed by atoms with Gasteiger partial charge in [0.1, 0.15) is 0 Å². The molecule has 0 saturated heterocycles. The standard InChI is InChI=1S/C13H24N4O/c1-6-13(3,4)16-12(18)9-14-7-11-8-15-17(5)10(11)2/h8,14H,6-7,9H2,1-5H3,(H,16,18). The Labute approximate surface area is 109 Å². The van der Waals surface area contributed by atoms with Crippen molar-refractivity contribution < 1.29 is 4.79 Å². The van der Waals surface area contributed by atoms with Gasteiger partial charge in [0, 0.05) is 30.4 Å². The van der Waals surface area contributed by atoms with Gasteiger partial charge in [0.15, 0.2) is 0 Å². The molecule has 0 aliphatic heterocycles. The lowest BCUT2D eigenvalue weighted by atomic mass is 10.0. The molecule has 0 unspecified atom stereocenters. The molecule has 1 amide bonds. The summed E-state index contributed by atoms with van der Waals surface area (Å²) in [5.74, 6) is 0.0309. The highest BCUT2D eigenvalue weighted by molar-refractivity contribution is 5.78. The molecule has 5 heteroatoms. The van der Waals surface area contributed by atoms with E-state index in [1.54, 1.807) is 0 Å². The number of carbonyl (C=O) groups is 1. The summed E-state index contributed by atoms with van der Waals surface area (Å²) in [6, 6.07) is 0. The third-order valence-electron chi connectivity index (χ3n) is 3.30. The van der Waals surface area contributed by atoms with Gasteiger partial charge in [0.25, 0.3) is 0 Å². The Balaban J connectivity index is 2.34. The summed E-state index contributed by atoms with van der Waals surface area (Å²) in [5.41, 5.74) is 2.11. The van der Waals surface area contributed by atoms with Crippen molar-refractivity contribution in [2.24, 2.45) is 7.05 Å². The Hall–Kier alpha value is -1.36. The van der Waals surface area contributed by atoms with Crippen LogP contribution in [-0.4, -0.2) is 27.8 Å². The van der Waals surface area contributed by atoms with Crippen molar-refractivity contribution in [2.45, 2.75) is 46.2 Å². The molecular weight excluding hydrogens is 228 g/mol. The monoisotopic (exact) mass is 252 g/mol. The summed E-state index contributed by atoms with van der Waals surface area (Å²) < 4.78 is 1.83. The van der Waals surface area contributed by atoms with Crippen molar-refractivity contribution in [1.82, 2.24) is 20.4 Å². The summed E-state index contributed by atoms with van der Waals surface area (Å²) in [6.45, 7) is 9.13. The van der Waals surface area contributed by atoms with Crippen molar-refractivity contribution in [3.05, 3.63) is 17.5 Å². The van der Waals surface area contributed by atoms with Gasteiger partial charge < -0.3 is 10.6 Å². The minimum absolute atomic E-state index is 0.0309. The Morgan fingerprint density at radius 2 is 2.17 bits per heavy atom. The highest BCUT2D eigenvalue weighted by Crippen LogP contribution is 2.06. The molecular formula is C13H24N4O. The summed E-state index contributed by atoms with van der Waals surface area (Å²) in [7, 11) is 1.91. The Morgan fingerprint density at radius 1 is 1.50 bits per heavy atom. The maximum atomic E-state index is 11.7. The molecule has 0 fully saturated rings. The van der Waals surface area contributed by atoms with E-state index in [4.69, 9.17) is 0 Å². The van der Waals surface area contributed by atoms with E-state index in [0.29, 0.717) is 13.1 Å². The van der Waals surface area contributed by atoms with Crippen molar-refractivity contribution >= 4 is 5.91 Å². The molecule has 1 aromatic heterocycles. The summed E-state index contributed by atoms with van der Waals surface area (Å²) in [6.07, 6.45) is 2.75. The van der Waals surface area contributed by atoms with Crippen molar-refractivity contribution in [2.75, 3.05) is 6.54 Å². The average molecular weight is 252 g/mol. The fourth-order valence-electron chi connectivity index (χ4n) is 1.54. The van der Waals surface area contributed by atoms with Gasteiger partial charge in [0.05, 0.1) is 12.7 Å². The first kappa shape index (κ1) is 14.7. The number of aryl methyl sites for hydroxylation is 1. The molecule has 0 spiro atoms.